The first-order valence-corrected chi connectivity index (χ1v) is 12.2. The molecule has 3 nitrogen and oxygen atoms in total. The zero-order chi connectivity index (χ0) is 24.6. The van der Waals surface area contributed by atoms with Gasteiger partial charge in [-0.1, -0.05) is 42.5 Å². The number of carbonyl (C=O) groups is 1. The molecule has 4 heteroatoms. The van der Waals surface area contributed by atoms with E-state index < -0.39 is 0 Å². The van der Waals surface area contributed by atoms with Gasteiger partial charge in [0, 0.05) is 29.3 Å². The van der Waals surface area contributed by atoms with Gasteiger partial charge in [-0.3, -0.25) is 4.79 Å². The van der Waals surface area contributed by atoms with Crippen LogP contribution in [0.2, 0.25) is 0 Å². The van der Waals surface area contributed by atoms with Crippen LogP contribution >= 0.6 is 0 Å². The van der Waals surface area contributed by atoms with Crippen molar-refractivity contribution in [2.75, 3.05) is 7.11 Å². The van der Waals surface area contributed by atoms with Crippen molar-refractivity contribution in [1.82, 2.24) is 5.32 Å². The number of halogens is 1. The van der Waals surface area contributed by atoms with Gasteiger partial charge in [0.05, 0.1) is 7.11 Å². The number of fused-ring (bicyclic) bond motifs is 5. The Morgan fingerprint density at radius 2 is 1.81 bits per heavy atom. The van der Waals surface area contributed by atoms with Crippen molar-refractivity contribution in [3.63, 3.8) is 0 Å². The molecule has 178 valence electrons. The Kier molecular flexibility index (Phi) is 5.65. The molecule has 0 fully saturated rings. The van der Waals surface area contributed by atoms with Crippen LogP contribution in [0.5, 0.6) is 5.75 Å². The van der Waals surface area contributed by atoms with Gasteiger partial charge in [0.1, 0.15) is 11.6 Å². The number of methoxy groups -OCH3 is 1. The third-order valence-electron chi connectivity index (χ3n) is 7.37. The Bertz CT molecular complexity index is 1580. The molecule has 0 amide bonds. The maximum Gasteiger partial charge on any atom is 0.169 e. The van der Waals surface area contributed by atoms with Gasteiger partial charge in [0.25, 0.3) is 0 Å². The van der Waals surface area contributed by atoms with Crippen LogP contribution in [0.3, 0.4) is 0 Å². The molecule has 1 N–H and O–H groups in total. The van der Waals surface area contributed by atoms with Crippen LogP contribution in [0.1, 0.15) is 33.8 Å². The van der Waals surface area contributed by atoms with Gasteiger partial charge in [0.2, 0.25) is 0 Å². The Morgan fingerprint density at radius 1 is 0.972 bits per heavy atom. The first-order chi connectivity index (χ1) is 17.6. The largest absolute Gasteiger partial charge is 0.497 e. The average molecular weight is 476 g/mol. The average Bonchev–Trinajstić information content (AvgIpc) is 3.21. The molecule has 1 heterocycles. The maximum atomic E-state index is 13.9. The third kappa shape index (κ3) is 3.89. The van der Waals surface area contributed by atoms with Gasteiger partial charge in [-0.15, -0.1) is 0 Å². The maximum absolute atomic E-state index is 13.9. The molecule has 2 unspecified atom stereocenters. The van der Waals surface area contributed by atoms with Crippen molar-refractivity contribution in [3.05, 3.63) is 124 Å². The van der Waals surface area contributed by atoms with Crippen molar-refractivity contribution >= 4 is 17.9 Å². The van der Waals surface area contributed by atoms with Gasteiger partial charge >= 0.3 is 0 Å². The van der Waals surface area contributed by atoms with Crippen LogP contribution in [0.25, 0.3) is 23.3 Å². The summed E-state index contributed by atoms with van der Waals surface area (Å²) < 4.78 is 19.2. The van der Waals surface area contributed by atoms with Crippen LogP contribution in [0.15, 0.2) is 90.8 Å². The van der Waals surface area contributed by atoms with E-state index in [-0.39, 0.29) is 23.4 Å². The lowest BCUT2D eigenvalue weighted by atomic mass is 9.75. The minimum atomic E-state index is -0.274. The van der Waals surface area contributed by atoms with Crippen molar-refractivity contribution in [1.29, 1.82) is 0 Å². The number of nitrogens with one attached hydrogen (secondary N) is 1. The fourth-order valence-electron chi connectivity index (χ4n) is 5.59. The number of benzene rings is 3. The Balaban J connectivity index is 1.51. The predicted molar refractivity (Wildman–Crippen MR) is 141 cm³/mol. The number of ether oxygens (including phenoxy) is 1. The van der Waals surface area contributed by atoms with E-state index in [2.05, 4.69) is 35.7 Å². The molecule has 3 aromatic carbocycles. The van der Waals surface area contributed by atoms with Gasteiger partial charge in [-0.05, 0) is 94.1 Å². The van der Waals surface area contributed by atoms with Crippen molar-refractivity contribution in [2.24, 2.45) is 5.92 Å². The molecule has 0 bridgehead atoms. The van der Waals surface area contributed by atoms with Gasteiger partial charge < -0.3 is 10.1 Å². The molecule has 2 atom stereocenters. The molecule has 36 heavy (non-hydrogen) atoms. The highest BCUT2D eigenvalue weighted by molar-refractivity contribution is 6.01. The second kappa shape index (κ2) is 9.12. The van der Waals surface area contributed by atoms with Crippen molar-refractivity contribution in [3.8, 4) is 16.9 Å². The Morgan fingerprint density at radius 3 is 2.64 bits per heavy atom. The van der Waals surface area contributed by atoms with E-state index >= 15 is 0 Å². The fraction of sp³-hybridized carbons (Fsp3) is 0.156. The van der Waals surface area contributed by atoms with Crippen LogP contribution in [0.4, 0.5) is 4.39 Å². The second-order valence-corrected chi connectivity index (χ2v) is 9.40. The summed E-state index contributed by atoms with van der Waals surface area (Å²) >= 11 is 0. The highest BCUT2D eigenvalue weighted by Crippen LogP contribution is 2.35. The molecule has 3 aliphatic rings. The lowest BCUT2D eigenvalue weighted by Gasteiger charge is -2.30. The summed E-state index contributed by atoms with van der Waals surface area (Å²) in [6, 6.07) is 16.7. The van der Waals surface area contributed by atoms with Gasteiger partial charge in [-0.25, -0.2) is 4.39 Å². The van der Waals surface area contributed by atoms with Gasteiger partial charge in [-0.2, -0.15) is 0 Å². The number of hydrogen-bond donors (Lipinski definition) is 1. The number of Topliss-reactive ketones (excluding diaryl/α,β-unsaturated/α-hetero) is 1. The molecular weight excluding hydrogens is 449 g/mol. The highest BCUT2D eigenvalue weighted by atomic mass is 19.1. The van der Waals surface area contributed by atoms with Crippen LogP contribution < -0.4 is 20.5 Å². The monoisotopic (exact) mass is 475 g/mol. The summed E-state index contributed by atoms with van der Waals surface area (Å²) in [7, 11) is 1.62. The number of rotatable bonds is 4. The first-order valence-electron chi connectivity index (χ1n) is 12.2. The second-order valence-electron chi connectivity index (χ2n) is 9.40. The van der Waals surface area contributed by atoms with E-state index in [1.54, 1.807) is 13.2 Å². The molecule has 0 saturated carbocycles. The minimum absolute atomic E-state index is 0.0397. The molecule has 0 spiro atoms. The third-order valence-corrected chi connectivity index (χ3v) is 7.37. The smallest absolute Gasteiger partial charge is 0.169 e. The molecule has 2 aliphatic carbocycles. The molecule has 0 radical (unpaired) electrons. The highest BCUT2D eigenvalue weighted by Gasteiger charge is 2.31. The van der Waals surface area contributed by atoms with Crippen molar-refractivity contribution < 1.29 is 13.9 Å². The minimum Gasteiger partial charge on any atom is -0.497 e. The number of ketones is 1. The number of allylic oxidation sites excluding steroid dienone is 5. The van der Waals surface area contributed by atoms with E-state index in [0.717, 1.165) is 38.6 Å². The molecule has 0 saturated heterocycles. The summed E-state index contributed by atoms with van der Waals surface area (Å²) in [5, 5.41) is 5.66. The van der Waals surface area contributed by atoms with Crippen LogP contribution in [-0.2, 0) is 6.42 Å². The number of carbonyl (C=O) groups excluding carboxylic acids is 1. The van der Waals surface area contributed by atoms with Crippen LogP contribution in [-0.4, -0.2) is 12.9 Å². The molecule has 1 aliphatic heterocycles. The summed E-state index contributed by atoms with van der Waals surface area (Å²) in [5.41, 5.74) is 6.09. The Labute approximate surface area is 209 Å². The number of hydrogen-bond acceptors (Lipinski definition) is 3. The zero-order valence-electron chi connectivity index (χ0n) is 20.0. The van der Waals surface area contributed by atoms with E-state index in [4.69, 9.17) is 4.74 Å². The fourth-order valence-corrected chi connectivity index (χ4v) is 5.59. The molecule has 3 aromatic rings. The summed E-state index contributed by atoms with van der Waals surface area (Å²) in [4.78, 5) is 13.7. The lowest BCUT2D eigenvalue weighted by molar-refractivity contribution is 0.0944. The van der Waals surface area contributed by atoms with Gasteiger partial charge in [0.15, 0.2) is 5.78 Å². The van der Waals surface area contributed by atoms with E-state index in [0.29, 0.717) is 18.4 Å². The van der Waals surface area contributed by atoms with E-state index in [1.165, 1.54) is 11.6 Å². The zero-order valence-corrected chi connectivity index (χ0v) is 20.0. The quantitative estimate of drug-likeness (QED) is 0.530. The SMILES string of the molecule is COc1ccc(C(=O)C2C=c3c(ccc4c3=CCc3cc(F)ccc3-4)C(C3=CC=CC=CN3)C2)cc1. The van der Waals surface area contributed by atoms with Crippen LogP contribution in [0, 0.1) is 11.7 Å². The Hall–Kier alpha value is -4.18. The molecule has 6 rings (SSSR count). The normalized spacial score (nSPS) is 19.3. The van der Waals surface area contributed by atoms with Crippen molar-refractivity contribution in [2.45, 2.75) is 18.8 Å². The molecular formula is C32H26FNO2. The summed E-state index contributed by atoms with van der Waals surface area (Å²) in [5.74, 6) is 0.382. The van der Waals surface area contributed by atoms with E-state index in [1.807, 2.05) is 54.8 Å². The first kappa shape index (κ1) is 22.3. The lowest BCUT2D eigenvalue weighted by Crippen LogP contribution is -2.40. The summed E-state index contributed by atoms with van der Waals surface area (Å²) in [6.45, 7) is 0. The summed E-state index contributed by atoms with van der Waals surface area (Å²) in [6.07, 6.45) is 15.7. The molecule has 0 aromatic heterocycles. The topological polar surface area (TPSA) is 38.3 Å². The van der Waals surface area contributed by atoms with E-state index in [9.17, 15) is 9.18 Å². The predicted octanol–water partition coefficient (Wildman–Crippen LogP) is 5.16. The standard InChI is InChI=1S/C32H26FNO2/c1-36-24-10-6-20(7-11-24)32(35)22-18-29-27-12-8-21-17-23(33)9-13-25(21)26(27)14-15-28(29)30(19-22)31-5-3-2-4-16-34-31/h2-7,9-18,22,30,34H,8,19H2,1H3.